The molecule has 0 aliphatic heterocycles. The molecule has 0 radical (unpaired) electrons. The molecule has 0 bridgehead atoms. The number of phenols is 1. The molecular weight excluding hydrogens is 210 g/mol. The van der Waals surface area contributed by atoms with Gasteiger partial charge in [-0.1, -0.05) is 31.9 Å². The highest BCUT2D eigenvalue weighted by atomic mass is 16.3. The summed E-state index contributed by atoms with van der Waals surface area (Å²) in [6.07, 6.45) is 5.26. The normalized spacial score (nSPS) is 26.7. The van der Waals surface area contributed by atoms with E-state index in [0.717, 1.165) is 11.8 Å². The maximum atomic E-state index is 9.32. The first-order valence-electron chi connectivity index (χ1n) is 6.69. The fourth-order valence-corrected chi connectivity index (χ4v) is 3.01. The zero-order valence-electron chi connectivity index (χ0n) is 10.6. The zero-order chi connectivity index (χ0) is 12.3. The standard InChI is InChI=1S/C15H23NO/c1-11-2-4-12(5-3-11)15(10-16)13-6-8-14(17)9-7-13/h6-9,11-12,15,17H,2-5,10,16H2,1H3. The molecule has 2 nitrogen and oxygen atoms in total. The average Bonchev–Trinajstić information content (AvgIpc) is 2.35. The minimum absolute atomic E-state index is 0.335. The molecule has 1 aromatic rings. The van der Waals surface area contributed by atoms with E-state index in [1.54, 1.807) is 12.1 Å². The third-order valence-electron chi connectivity index (χ3n) is 4.20. The Bertz CT molecular complexity index is 338. The maximum absolute atomic E-state index is 9.32. The zero-order valence-corrected chi connectivity index (χ0v) is 10.6. The van der Waals surface area contributed by atoms with Crippen molar-refractivity contribution in [2.75, 3.05) is 6.54 Å². The van der Waals surface area contributed by atoms with Crippen molar-refractivity contribution in [1.82, 2.24) is 0 Å². The second kappa shape index (κ2) is 5.54. The summed E-state index contributed by atoms with van der Waals surface area (Å²) in [6.45, 7) is 3.05. The van der Waals surface area contributed by atoms with Crippen LogP contribution in [0.3, 0.4) is 0 Å². The lowest BCUT2D eigenvalue weighted by Crippen LogP contribution is -2.25. The molecule has 1 aromatic carbocycles. The Balaban J connectivity index is 2.08. The van der Waals surface area contributed by atoms with Crippen LogP contribution in [0.2, 0.25) is 0 Å². The van der Waals surface area contributed by atoms with E-state index in [-0.39, 0.29) is 0 Å². The Morgan fingerprint density at radius 1 is 1.18 bits per heavy atom. The lowest BCUT2D eigenvalue weighted by Gasteiger charge is -2.32. The summed E-state index contributed by atoms with van der Waals surface area (Å²) in [4.78, 5) is 0. The molecule has 94 valence electrons. The quantitative estimate of drug-likeness (QED) is 0.841. The van der Waals surface area contributed by atoms with Gasteiger partial charge < -0.3 is 10.8 Å². The van der Waals surface area contributed by atoms with Gasteiger partial charge in [0.15, 0.2) is 0 Å². The van der Waals surface area contributed by atoms with Crippen molar-refractivity contribution in [2.24, 2.45) is 17.6 Å². The number of nitrogens with two attached hydrogens (primary N) is 1. The first kappa shape index (κ1) is 12.4. The minimum Gasteiger partial charge on any atom is -0.508 e. The van der Waals surface area contributed by atoms with Gasteiger partial charge >= 0.3 is 0 Å². The second-order valence-corrected chi connectivity index (χ2v) is 5.45. The van der Waals surface area contributed by atoms with Crippen LogP contribution in [0.25, 0.3) is 0 Å². The van der Waals surface area contributed by atoms with Crippen molar-refractivity contribution in [3.05, 3.63) is 29.8 Å². The molecular formula is C15H23NO. The van der Waals surface area contributed by atoms with Gasteiger partial charge in [-0.3, -0.25) is 0 Å². The van der Waals surface area contributed by atoms with Crippen LogP contribution in [-0.2, 0) is 0 Å². The van der Waals surface area contributed by atoms with Gasteiger partial charge in [0, 0.05) is 0 Å². The van der Waals surface area contributed by atoms with Gasteiger partial charge in [0.2, 0.25) is 0 Å². The summed E-state index contributed by atoms with van der Waals surface area (Å²) in [7, 11) is 0. The van der Waals surface area contributed by atoms with E-state index < -0.39 is 0 Å². The predicted molar refractivity (Wildman–Crippen MR) is 71.0 cm³/mol. The Morgan fingerprint density at radius 2 is 1.76 bits per heavy atom. The monoisotopic (exact) mass is 233 g/mol. The second-order valence-electron chi connectivity index (χ2n) is 5.45. The highest BCUT2D eigenvalue weighted by Gasteiger charge is 2.26. The lowest BCUT2D eigenvalue weighted by atomic mass is 9.74. The van der Waals surface area contributed by atoms with Gasteiger partial charge in [-0.2, -0.15) is 0 Å². The van der Waals surface area contributed by atoms with E-state index in [1.807, 2.05) is 12.1 Å². The third kappa shape index (κ3) is 3.01. The average molecular weight is 233 g/mol. The molecule has 2 rings (SSSR count). The molecule has 2 heteroatoms. The number of rotatable bonds is 3. The summed E-state index contributed by atoms with van der Waals surface area (Å²) < 4.78 is 0. The molecule has 1 saturated carbocycles. The Morgan fingerprint density at radius 3 is 2.29 bits per heavy atom. The number of phenolic OH excluding ortho intramolecular Hbond substituents is 1. The van der Waals surface area contributed by atoms with Crippen molar-refractivity contribution < 1.29 is 5.11 Å². The van der Waals surface area contributed by atoms with E-state index in [9.17, 15) is 5.11 Å². The van der Waals surface area contributed by atoms with Gasteiger partial charge in [0.05, 0.1) is 0 Å². The topological polar surface area (TPSA) is 46.2 Å². The van der Waals surface area contributed by atoms with Crippen LogP contribution < -0.4 is 5.73 Å². The first-order chi connectivity index (χ1) is 8.20. The van der Waals surface area contributed by atoms with Gasteiger partial charge in [-0.05, 0) is 54.8 Å². The third-order valence-corrected chi connectivity index (χ3v) is 4.20. The Labute approximate surface area is 104 Å². The number of hydrogen-bond acceptors (Lipinski definition) is 2. The maximum Gasteiger partial charge on any atom is 0.115 e. The van der Waals surface area contributed by atoms with Crippen LogP contribution in [0.1, 0.15) is 44.1 Å². The number of benzene rings is 1. The van der Waals surface area contributed by atoms with Crippen molar-refractivity contribution in [2.45, 2.75) is 38.5 Å². The molecule has 0 saturated heterocycles. The van der Waals surface area contributed by atoms with Crippen LogP contribution in [0, 0.1) is 11.8 Å². The van der Waals surface area contributed by atoms with Crippen molar-refractivity contribution >= 4 is 0 Å². The van der Waals surface area contributed by atoms with E-state index in [1.165, 1.54) is 31.2 Å². The number of hydrogen-bond donors (Lipinski definition) is 2. The van der Waals surface area contributed by atoms with Gasteiger partial charge in [-0.15, -0.1) is 0 Å². The van der Waals surface area contributed by atoms with Crippen LogP contribution in [-0.4, -0.2) is 11.7 Å². The van der Waals surface area contributed by atoms with Crippen molar-refractivity contribution in [3.8, 4) is 5.75 Å². The SMILES string of the molecule is CC1CCC(C(CN)c2ccc(O)cc2)CC1. The molecule has 1 aliphatic carbocycles. The smallest absolute Gasteiger partial charge is 0.115 e. The Hall–Kier alpha value is -1.02. The summed E-state index contributed by atoms with van der Waals surface area (Å²) in [5.41, 5.74) is 7.23. The summed E-state index contributed by atoms with van der Waals surface area (Å²) in [6, 6.07) is 7.57. The molecule has 0 aromatic heterocycles. The molecule has 0 spiro atoms. The van der Waals surface area contributed by atoms with E-state index in [2.05, 4.69) is 6.92 Å². The summed E-state index contributed by atoms with van der Waals surface area (Å²) in [5.74, 6) is 2.40. The van der Waals surface area contributed by atoms with Crippen molar-refractivity contribution in [3.63, 3.8) is 0 Å². The van der Waals surface area contributed by atoms with E-state index in [4.69, 9.17) is 5.73 Å². The minimum atomic E-state index is 0.335. The largest absolute Gasteiger partial charge is 0.508 e. The van der Waals surface area contributed by atoms with Crippen LogP contribution >= 0.6 is 0 Å². The molecule has 1 fully saturated rings. The van der Waals surface area contributed by atoms with Crippen LogP contribution in [0.5, 0.6) is 5.75 Å². The summed E-state index contributed by atoms with van der Waals surface area (Å²) in [5, 5.41) is 9.32. The summed E-state index contributed by atoms with van der Waals surface area (Å²) >= 11 is 0. The van der Waals surface area contributed by atoms with Crippen molar-refractivity contribution in [1.29, 1.82) is 0 Å². The highest BCUT2D eigenvalue weighted by Crippen LogP contribution is 2.37. The first-order valence-corrected chi connectivity index (χ1v) is 6.69. The predicted octanol–water partition coefficient (Wildman–Crippen LogP) is 3.26. The molecule has 1 unspecified atom stereocenters. The Kier molecular flexibility index (Phi) is 4.06. The van der Waals surface area contributed by atoms with Gasteiger partial charge in [0.25, 0.3) is 0 Å². The molecule has 17 heavy (non-hydrogen) atoms. The lowest BCUT2D eigenvalue weighted by molar-refractivity contribution is 0.256. The van der Waals surface area contributed by atoms with Gasteiger partial charge in [0.1, 0.15) is 5.75 Å². The molecule has 3 N–H and O–H groups in total. The highest BCUT2D eigenvalue weighted by molar-refractivity contribution is 5.29. The van der Waals surface area contributed by atoms with Gasteiger partial charge in [-0.25, -0.2) is 0 Å². The number of aromatic hydroxyl groups is 1. The fraction of sp³-hybridized carbons (Fsp3) is 0.600. The van der Waals surface area contributed by atoms with E-state index in [0.29, 0.717) is 18.2 Å². The molecule has 0 amide bonds. The molecule has 1 aliphatic rings. The molecule has 0 heterocycles. The van der Waals surface area contributed by atoms with Crippen LogP contribution in [0.15, 0.2) is 24.3 Å². The van der Waals surface area contributed by atoms with Crippen LogP contribution in [0.4, 0.5) is 0 Å². The van der Waals surface area contributed by atoms with E-state index >= 15 is 0 Å². The fourth-order valence-electron chi connectivity index (χ4n) is 3.01. The molecule has 1 atom stereocenters.